The van der Waals surface area contributed by atoms with Gasteiger partial charge in [0.05, 0.1) is 17.5 Å². The fourth-order valence-corrected chi connectivity index (χ4v) is 6.34. The number of ether oxygens (including phenoxy) is 1. The third-order valence-corrected chi connectivity index (χ3v) is 8.43. The van der Waals surface area contributed by atoms with E-state index in [0.717, 1.165) is 38.8 Å². The number of amides is 1. The third-order valence-electron chi connectivity index (χ3n) is 5.65. The smallest absolute Gasteiger partial charge is 0.243 e. The van der Waals surface area contributed by atoms with E-state index in [0.29, 0.717) is 25.3 Å². The number of hydrogen-bond donors (Lipinski definition) is 1. The van der Waals surface area contributed by atoms with Crippen LogP contribution >= 0.6 is 11.3 Å². The van der Waals surface area contributed by atoms with Crippen molar-refractivity contribution < 1.29 is 17.9 Å². The number of sulfonamides is 1. The number of rotatable bonds is 9. The van der Waals surface area contributed by atoms with E-state index in [4.69, 9.17) is 4.74 Å². The van der Waals surface area contributed by atoms with Crippen LogP contribution in [0, 0.1) is 0 Å². The lowest BCUT2D eigenvalue weighted by molar-refractivity contribution is -0.117. The number of benzene rings is 1. The molecule has 0 spiro atoms. The second-order valence-corrected chi connectivity index (χ2v) is 11.0. The van der Waals surface area contributed by atoms with Crippen LogP contribution in [-0.2, 0) is 26.1 Å². The minimum Gasteiger partial charge on any atom is -0.377 e. The Bertz CT molecular complexity index is 949. The highest BCUT2D eigenvalue weighted by atomic mass is 32.2. The summed E-state index contributed by atoms with van der Waals surface area (Å²) in [5.74, 6) is -0.121. The van der Waals surface area contributed by atoms with Gasteiger partial charge in [0, 0.05) is 43.4 Å². The van der Waals surface area contributed by atoms with Crippen molar-refractivity contribution in [3.8, 4) is 0 Å². The zero-order chi connectivity index (χ0) is 21.7. The maximum absolute atomic E-state index is 12.7. The Balaban J connectivity index is 1.36. The SMILES string of the molecule is O=C(CN(Cc1cccs1)C[C@H]1CCCO1)Nc1ccc(S(=O)(=O)N2CCCC2)cc1. The summed E-state index contributed by atoms with van der Waals surface area (Å²) in [6.07, 6.45) is 4.07. The minimum atomic E-state index is -3.45. The van der Waals surface area contributed by atoms with Crippen LogP contribution in [0.4, 0.5) is 5.69 Å². The molecule has 1 amide bonds. The van der Waals surface area contributed by atoms with Crippen LogP contribution in [0.2, 0.25) is 0 Å². The van der Waals surface area contributed by atoms with E-state index in [1.165, 1.54) is 9.18 Å². The van der Waals surface area contributed by atoms with Crippen molar-refractivity contribution >= 4 is 33.0 Å². The molecule has 2 fully saturated rings. The van der Waals surface area contributed by atoms with Crippen LogP contribution in [0.3, 0.4) is 0 Å². The normalized spacial score (nSPS) is 19.8. The molecule has 0 unspecified atom stereocenters. The van der Waals surface area contributed by atoms with Gasteiger partial charge in [0.2, 0.25) is 15.9 Å². The lowest BCUT2D eigenvalue weighted by Gasteiger charge is -2.24. The van der Waals surface area contributed by atoms with Crippen molar-refractivity contribution in [2.24, 2.45) is 0 Å². The van der Waals surface area contributed by atoms with Gasteiger partial charge in [0.25, 0.3) is 0 Å². The Labute approximate surface area is 188 Å². The molecule has 1 aromatic carbocycles. The molecule has 0 bridgehead atoms. The summed E-state index contributed by atoms with van der Waals surface area (Å²) in [6, 6.07) is 10.5. The van der Waals surface area contributed by atoms with Crippen molar-refractivity contribution in [2.75, 3.05) is 38.1 Å². The molecule has 1 aromatic heterocycles. The van der Waals surface area contributed by atoms with Crippen LogP contribution < -0.4 is 5.32 Å². The van der Waals surface area contributed by atoms with Gasteiger partial charge in [-0.05, 0) is 61.4 Å². The van der Waals surface area contributed by atoms with Gasteiger partial charge in [-0.3, -0.25) is 9.69 Å². The van der Waals surface area contributed by atoms with Crippen LogP contribution in [-0.4, -0.2) is 62.4 Å². The Morgan fingerprint density at radius 3 is 2.58 bits per heavy atom. The lowest BCUT2D eigenvalue weighted by Crippen LogP contribution is -2.37. The molecule has 7 nitrogen and oxygen atoms in total. The first-order valence-electron chi connectivity index (χ1n) is 10.8. The topological polar surface area (TPSA) is 79.0 Å². The highest BCUT2D eigenvalue weighted by molar-refractivity contribution is 7.89. The summed E-state index contributed by atoms with van der Waals surface area (Å²) in [5, 5.41) is 4.94. The van der Waals surface area contributed by atoms with Crippen molar-refractivity contribution in [1.29, 1.82) is 0 Å². The number of anilines is 1. The first-order chi connectivity index (χ1) is 15.0. The number of thiophene rings is 1. The van der Waals surface area contributed by atoms with Gasteiger partial charge in [-0.2, -0.15) is 4.31 Å². The largest absolute Gasteiger partial charge is 0.377 e. The van der Waals surface area contributed by atoms with Gasteiger partial charge >= 0.3 is 0 Å². The second kappa shape index (κ2) is 10.2. The molecule has 2 saturated heterocycles. The van der Waals surface area contributed by atoms with Gasteiger partial charge in [0.15, 0.2) is 0 Å². The Kier molecular flexibility index (Phi) is 7.39. The first-order valence-corrected chi connectivity index (χ1v) is 13.1. The molecular weight excluding hydrogens is 434 g/mol. The molecule has 1 N–H and O–H groups in total. The van der Waals surface area contributed by atoms with Gasteiger partial charge in [-0.15, -0.1) is 11.3 Å². The zero-order valence-corrected chi connectivity index (χ0v) is 19.2. The van der Waals surface area contributed by atoms with E-state index in [1.54, 1.807) is 35.6 Å². The quantitative estimate of drug-likeness (QED) is 0.618. The molecule has 2 aromatic rings. The summed E-state index contributed by atoms with van der Waals surface area (Å²) in [4.78, 5) is 16.3. The number of hydrogen-bond acceptors (Lipinski definition) is 6. The molecule has 0 radical (unpaired) electrons. The van der Waals surface area contributed by atoms with Crippen LogP contribution in [0.25, 0.3) is 0 Å². The van der Waals surface area contributed by atoms with Crippen molar-refractivity contribution in [1.82, 2.24) is 9.21 Å². The average Bonchev–Trinajstić information content (AvgIpc) is 3.52. The molecule has 0 aliphatic carbocycles. The second-order valence-electron chi connectivity index (χ2n) is 8.07. The minimum absolute atomic E-state index is 0.121. The van der Waals surface area contributed by atoms with E-state index in [2.05, 4.69) is 16.3 Å². The molecule has 31 heavy (non-hydrogen) atoms. The predicted molar refractivity (Wildman–Crippen MR) is 122 cm³/mol. The summed E-state index contributed by atoms with van der Waals surface area (Å²) in [6.45, 7) is 3.62. The fourth-order valence-electron chi connectivity index (χ4n) is 4.08. The van der Waals surface area contributed by atoms with Crippen molar-refractivity contribution in [2.45, 2.75) is 43.2 Å². The van der Waals surface area contributed by atoms with Gasteiger partial charge in [0.1, 0.15) is 0 Å². The summed E-state index contributed by atoms with van der Waals surface area (Å²) < 4.78 is 32.6. The van der Waals surface area contributed by atoms with Crippen LogP contribution in [0.15, 0.2) is 46.7 Å². The maximum atomic E-state index is 12.7. The number of nitrogens with zero attached hydrogens (tertiary/aromatic N) is 2. The van der Waals surface area contributed by atoms with E-state index < -0.39 is 10.0 Å². The molecule has 3 heterocycles. The molecule has 2 aliphatic rings. The molecule has 4 rings (SSSR count). The fraction of sp³-hybridized carbons (Fsp3) is 0.500. The van der Waals surface area contributed by atoms with E-state index in [1.807, 2.05) is 11.4 Å². The number of carbonyl (C=O) groups is 1. The Morgan fingerprint density at radius 2 is 1.94 bits per heavy atom. The highest BCUT2D eigenvalue weighted by Crippen LogP contribution is 2.22. The van der Waals surface area contributed by atoms with Crippen LogP contribution in [0.5, 0.6) is 0 Å². The summed E-state index contributed by atoms with van der Waals surface area (Å²) >= 11 is 1.68. The van der Waals surface area contributed by atoms with Crippen molar-refractivity contribution in [3.63, 3.8) is 0 Å². The predicted octanol–water partition coefficient (Wildman–Crippen LogP) is 3.15. The summed E-state index contributed by atoms with van der Waals surface area (Å²) in [5.41, 5.74) is 0.596. The van der Waals surface area contributed by atoms with Gasteiger partial charge in [-0.25, -0.2) is 8.42 Å². The molecular formula is C22H29N3O4S2. The zero-order valence-electron chi connectivity index (χ0n) is 17.5. The standard InChI is InChI=1S/C22H29N3O4S2/c26-22(17-24(15-19-5-3-13-29-19)16-20-6-4-14-30-20)23-18-7-9-21(10-8-18)31(27,28)25-11-1-2-12-25/h4,6-10,14,19H,1-3,5,11-13,15-17H2,(H,23,26)/t19-/m1/s1. The lowest BCUT2D eigenvalue weighted by atomic mass is 10.2. The van der Waals surface area contributed by atoms with E-state index in [-0.39, 0.29) is 23.5 Å². The Hall–Kier alpha value is -1.78. The molecule has 9 heteroatoms. The molecule has 168 valence electrons. The molecule has 1 atom stereocenters. The molecule has 0 saturated carbocycles. The van der Waals surface area contributed by atoms with Crippen molar-refractivity contribution in [3.05, 3.63) is 46.7 Å². The maximum Gasteiger partial charge on any atom is 0.243 e. The number of nitrogens with one attached hydrogen (secondary N) is 1. The number of carbonyl (C=O) groups excluding carboxylic acids is 1. The highest BCUT2D eigenvalue weighted by Gasteiger charge is 2.27. The van der Waals surface area contributed by atoms with E-state index in [9.17, 15) is 13.2 Å². The molecule has 2 aliphatic heterocycles. The average molecular weight is 464 g/mol. The Morgan fingerprint density at radius 1 is 1.16 bits per heavy atom. The summed E-state index contributed by atoms with van der Waals surface area (Å²) in [7, 11) is -3.45. The first kappa shape index (κ1) is 22.4. The van der Waals surface area contributed by atoms with Gasteiger partial charge < -0.3 is 10.1 Å². The van der Waals surface area contributed by atoms with E-state index >= 15 is 0 Å². The van der Waals surface area contributed by atoms with Gasteiger partial charge in [-0.1, -0.05) is 6.07 Å². The monoisotopic (exact) mass is 463 g/mol. The third kappa shape index (κ3) is 5.93. The van der Waals surface area contributed by atoms with Crippen LogP contribution in [0.1, 0.15) is 30.6 Å².